The molecule has 0 saturated carbocycles. The van der Waals surface area contributed by atoms with Crippen LogP contribution in [0, 0.1) is 10.1 Å². The highest BCUT2D eigenvalue weighted by molar-refractivity contribution is 7.99. The number of thioether (sulfide) groups is 1. The van der Waals surface area contributed by atoms with Gasteiger partial charge in [-0.15, -0.1) is 0 Å². The van der Waals surface area contributed by atoms with E-state index < -0.39 is 4.92 Å². The fourth-order valence-electron chi connectivity index (χ4n) is 2.09. The number of carbonyl (C=O) groups is 1. The summed E-state index contributed by atoms with van der Waals surface area (Å²) in [7, 11) is 0. The fourth-order valence-corrected chi connectivity index (χ4v) is 3.24. The molecule has 108 valence electrons. The molecule has 1 fully saturated rings. The lowest BCUT2D eigenvalue weighted by molar-refractivity contribution is -0.384. The number of amides is 1. The Balaban J connectivity index is 2.16. The second kappa shape index (κ2) is 6.60. The lowest BCUT2D eigenvalue weighted by Gasteiger charge is -2.12. The first-order valence-electron chi connectivity index (χ1n) is 6.52. The lowest BCUT2D eigenvalue weighted by Crippen LogP contribution is -2.34. The van der Waals surface area contributed by atoms with Gasteiger partial charge < -0.3 is 10.6 Å². The minimum atomic E-state index is -0.451. The maximum absolute atomic E-state index is 12.1. The van der Waals surface area contributed by atoms with E-state index in [1.165, 1.54) is 12.1 Å². The van der Waals surface area contributed by atoms with Crippen molar-refractivity contribution < 1.29 is 9.72 Å². The summed E-state index contributed by atoms with van der Waals surface area (Å²) in [6, 6.07) is 4.61. The van der Waals surface area contributed by atoms with Gasteiger partial charge in [0.1, 0.15) is 5.69 Å². The van der Waals surface area contributed by atoms with Crippen LogP contribution in [0.3, 0.4) is 0 Å². The van der Waals surface area contributed by atoms with Crippen LogP contribution in [0.15, 0.2) is 18.2 Å². The molecule has 1 aromatic rings. The van der Waals surface area contributed by atoms with E-state index in [0.29, 0.717) is 17.8 Å². The zero-order chi connectivity index (χ0) is 14.5. The molecule has 1 heterocycles. The first kappa shape index (κ1) is 14.6. The van der Waals surface area contributed by atoms with Gasteiger partial charge in [0.05, 0.1) is 4.92 Å². The largest absolute Gasteiger partial charge is 0.380 e. The molecule has 1 aliphatic rings. The minimum Gasteiger partial charge on any atom is -0.380 e. The molecule has 0 aliphatic carbocycles. The second-order valence-electron chi connectivity index (χ2n) is 4.55. The summed E-state index contributed by atoms with van der Waals surface area (Å²) >= 11 is 1.82. The van der Waals surface area contributed by atoms with Crippen LogP contribution in [0.1, 0.15) is 23.7 Å². The maximum Gasteiger partial charge on any atom is 0.292 e. The monoisotopic (exact) mass is 295 g/mol. The van der Waals surface area contributed by atoms with Crippen LogP contribution in [-0.4, -0.2) is 34.9 Å². The summed E-state index contributed by atoms with van der Waals surface area (Å²) in [5.41, 5.74) is 0.814. The summed E-state index contributed by atoms with van der Waals surface area (Å²) < 4.78 is 0. The van der Waals surface area contributed by atoms with Crippen molar-refractivity contribution in [2.24, 2.45) is 0 Å². The average Bonchev–Trinajstić information content (AvgIpc) is 2.91. The average molecular weight is 295 g/mol. The number of nitro groups is 1. The van der Waals surface area contributed by atoms with Crippen molar-refractivity contribution in [3.63, 3.8) is 0 Å². The van der Waals surface area contributed by atoms with E-state index in [2.05, 4.69) is 10.6 Å². The number of carbonyl (C=O) groups excluding carboxylic acids is 1. The Hall–Kier alpha value is -1.76. The molecule has 6 nitrogen and oxygen atoms in total. The molecule has 1 aliphatic heterocycles. The SMILES string of the molecule is CCNc1cc(C(=O)NC2CCSC2)ccc1[N+](=O)[O-]. The third-order valence-electron chi connectivity index (χ3n) is 3.09. The van der Waals surface area contributed by atoms with Gasteiger partial charge in [-0.05, 0) is 31.2 Å². The Morgan fingerprint density at radius 1 is 1.55 bits per heavy atom. The van der Waals surface area contributed by atoms with Gasteiger partial charge in [0, 0.05) is 30.0 Å². The van der Waals surface area contributed by atoms with Crippen LogP contribution in [0.5, 0.6) is 0 Å². The number of hydrogen-bond donors (Lipinski definition) is 2. The third kappa shape index (κ3) is 3.41. The predicted octanol–water partition coefficient (Wildman–Crippen LogP) is 2.26. The highest BCUT2D eigenvalue weighted by atomic mass is 32.2. The van der Waals surface area contributed by atoms with Crippen LogP contribution in [0.4, 0.5) is 11.4 Å². The Labute approximate surface area is 121 Å². The fraction of sp³-hybridized carbons (Fsp3) is 0.462. The first-order chi connectivity index (χ1) is 9.61. The number of hydrogen-bond acceptors (Lipinski definition) is 5. The molecule has 1 unspecified atom stereocenters. The predicted molar refractivity (Wildman–Crippen MR) is 80.5 cm³/mol. The molecule has 1 atom stereocenters. The van der Waals surface area contributed by atoms with Crippen LogP contribution >= 0.6 is 11.8 Å². The third-order valence-corrected chi connectivity index (χ3v) is 4.25. The Kier molecular flexibility index (Phi) is 4.84. The topological polar surface area (TPSA) is 84.3 Å². The smallest absolute Gasteiger partial charge is 0.292 e. The van der Waals surface area contributed by atoms with Crippen LogP contribution in [0.25, 0.3) is 0 Å². The number of nitro benzene ring substituents is 1. The molecule has 20 heavy (non-hydrogen) atoms. The van der Waals surface area contributed by atoms with Gasteiger partial charge in [-0.25, -0.2) is 0 Å². The van der Waals surface area contributed by atoms with Crippen molar-refractivity contribution in [2.45, 2.75) is 19.4 Å². The van der Waals surface area contributed by atoms with Crippen molar-refractivity contribution in [1.82, 2.24) is 5.32 Å². The van der Waals surface area contributed by atoms with E-state index in [1.807, 2.05) is 18.7 Å². The number of nitrogens with zero attached hydrogens (tertiary/aromatic N) is 1. The summed E-state index contributed by atoms with van der Waals surface area (Å²) in [4.78, 5) is 22.6. The van der Waals surface area contributed by atoms with Crippen molar-refractivity contribution in [3.8, 4) is 0 Å². The molecule has 1 aromatic carbocycles. The van der Waals surface area contributed by atoms with Crippen molar-refractivity contribution in [3.05, 3.63) is 33.9 Å². The van der Waals surface area contributed by atoms with E-state index in [9.17, 15) is 14.9 Å². The van der Waals surface area contributed by atoms with Crippen molar-refractivity contribution in [1.29, 1.82) is 0 Å². The summed E-state index contributed by atoms with van der Waals surface area (Å²) in [6.07, 6.45) is 0.976. The molecular formula is C13H17N3O3S. The normalized spacial score (nSPS) is 17.8. The summed E-state index contributed by atoms with van der Waals surface area (Å²) in [5.74, 6) is 1.82. The molecule has 2 N–H and O–H groups in total. The van der Waals surface area contributed by atoms with E-state index >= 15 is 0 Å². The molecule has 0 bridgehead atoms. The van der Waals surface area contributed by atoms with Gasteiger partial charge in [-0.2, -0.15) is 11.8 Å². The van der Waals surface area contributed by atoms with E-state index in [0.717, 1.165) is 17.9 Å². The van der Waals surface area contributed by atoms with Gasteiger partial charge in [0.2, 0.25) is 0 Å². The quantitative estimate of drug-likeness (QED) is 0.643. The van der Waals surface area contributed by atoms with Crippen LogP contribution in [0.2, 0.25) is 0 Å². The molecule has 0 aromatic heterocycles. The summed E-state index contributed by atoms with van der Waals surface area (Å²) in [6.45, 7) is 2.41. The Morgan fingerprint density at radius 3 is 2.95 bits per heavy atom. The number of nitrogens with one attached hydrogen (secondary N) is 2. The minimum absolute atomic E-state index is 0.0141. The zero-order valence-electron chi connectivity index (χ0n) is 11.2. The van der Waals surface area contributed by atoms with E-state index in [1.54, 1.807) is 6.07 Å². The first-order valence-corrected chi connectivity index (χ1v) is 7.68. The maximum atomic E-state index is 12.1. The molecule has 1 amide bonds. The van der Waals surface area contributed by atoms with Crippen LogP contribution < -0.4 is 10.6 Å². The number of anilines is 1. The van der Waals surface area contributed by atoms with Gasteiger partial charge in [-0.1, -0.05) is 0 Å². The number of benzene rings is 1. The lowest BCUT2D eigenvalue weighted by atomic mass is 10.1. The van der Waals surface area contributed by atoms with Gasteiger partial charge >= 0.3 is 0 Å². The molecule has 2 rings (SSSR count). The van der Waals surface area contributed by atoms with Crippen molar-refractivity contribution >= 4 is 29.0 Å². The molecular weight excluding hydrogens is 278 g/mol. The Morgan fingerprint density at radius 2 is 2.35 bits per heavy atom. The van der Waals surface area contributed by atoms with E-state index in [-0.39, 0.29) is 17.6 Å². The van der Waals surface area contributed by atoms with Crippen LogP contribution in [-0.2, 0) is 0 Å². The molecule has 1 saturated heterocycles. The highest BCUT2D eigenvalue weighted by Crippen LogP contribution is 2.25. The highest BCUT2D eigenvalue weighted by Gasteiger charge is 2.20. The van der Waals surface area contributed by atoms with E-state index in [4.69, 9.17) is 0 Å². The Bertz CT molecular complexity index is 516. The van der Waals surface area contributed by atoms with Gasteiger partial charge in [-0.3, -0.25) is 14.9 Å². The summed E-state index contributed by atoms with van der Waals surface area (Å²) in [5, 5.41) is 16.8. The van der Waals surface area contributed by atoms with Crippen molar-refractivity contribution in [2.75, 3.05) is 23.4 Å². The number of rotatable bonds is 5. The molecule has 7 heteroatoms. The molecule has 0 radical (unpaired) electrons. The van der Waals surface area contributed by atoms with Gasteiger partial charge in [0.25, 0.3) is 11.6 Å². The van der Waals surface area contributed by atoms with Gasteiger partial charge in [0.15, 0.2) is 0 Å². The standard InChI is InChI=1S/C13H17N3O3S/c1-2-14-11-7-9(3-4-12(11)16(18)19)13(17)15-10-5-6-20-8-10/h3-4,7,10,14H,2,5-6,8H2,1H3,(H,15,17). The second-order valence-corrected chi connectivity index (χ2v) is 5.70. The zero-order valence-corrected chi connectivity index (χ0v) is 12.0. The molecule has 0 spiro atoms.